The second-order valence-corrected chi connectivity index (χ2v) is 4.27. The van der Waals surface area contributed by atoms with Crippen LogP contribution in [0.1, 0.15) is 11.3 Å². The Morgan fingerprint density at radius 2 is 2.00 bits per heavy atom. The molecule has 0 unspecified atom stereocenters. The summed E-state index contributed by atoms with van der Waals surface area (Å²) in [6, 6.07) is 8.21. The first-order chi connectivity index (χ1) is 7.72. The van der Waals surface area contributed by atoms with Crippen LogP contribution in [0.15, 0.2) is 28.7 Å². The number of furan rings is 1. The van der Waals surface area contributed by atoms with Gasteiger partial charge in [0.15, 0.2) is 0 Å². The van der Waals surface area contributed by atoms with Crippen LogP contribution in [-0.2, 0) is 13.1 Å². The van der Waals surface area contributed by atoms with Crippen molar-refractivity contribution in [2.45, 2.75) is 13.1 Å². The van der Waals surface area contributed by atoms with E-state index in [9.17, 15) is 0 Å². The van der Waals surface area contributed by atoms with Crippen LogP contribution in [-0.4, -0.2) is 26.0 Å². The van der Waals surface area contributed by atoms with Crippen LogP contribution in [0.3, 0.4) is 0 Å². The van der Waals surface area contributed by atoms with E-state index in [1.54, 1.807) is 0 Å². The molecule has 0 aliphatic rings. The molecule has 16 heavy (non-hydrogen) atoms. The van der Waals surface area contributed by atoms with Crippen molar-refractivity contribution in [3.05, 3.63) is 35.6 Å². The van der Waals surface area contributed by atoms with Crippen molar-refractivity contribution in [1.82, 2.24) is 10.2 Å². The first-order valence-electron chi connectivity index (χ1n) is 5.51. The maximum absolute atomic E-state index is 5.85. The standard InChI is InChI=1S/C13H18N2O/c1-14-8-13-11(9-15(2)3)10-6-4-5-7-12(10)16-13/h4-7,14H,8-9H2,1-3H3. The number of fused-ring (bicyclic) bond motifs is 1. The van der Waals surface area contributed by atoms with E-state index >= 15 is 0 Å². The van der Waals surface area contributed by atoms with E-state index in [2.05, 4.69) is 36.4 Å². The molecular formula is C13H18N2O. The van der Waals surface area contributed by atoms with E-state index in [1.165, 1.54) is 10.9 Å². The molecule has 1 aromatic carbocycles. The van der Waals surface area contributed by atoms with E-state index < -0.39 is 0 Å². The third kappa shape index (κ3) is 2.10. The molecular weight excluding hydrogens is 200 g/mol. The smallest absolute Gasteiger partial charge is 0.134 e. The lowest BCUT2D eigenvalue weighted by atomic mass is 10.1. The van der Waals surface area contributed by atoms with Gasteiger partial charge in [-0.1, -0.05) is 18.2 Å². The van der Waals surface area contributed by atoms with Gasteiger partial charge in [-0.2, -0.15) is 0 Å². The van der Waals surface area contributed by atoms with Gasteiger partial charge in [-0.25, -0.2) is 0 Å². The molecule has 86 valence electrons. The molecule has 0 aliphatic heterocycles. The van der Waals surface area contributed by atoms with Crippen LogP contribution in [0, 0.1) is 0 Å². The highest BCUT2D eigenvalue weighted by atomic mass is 16.3. The van der Waals surface area contributed by atoms with Gasteiger partial charge in [0, 0.05) is 17.5 Å². The summed E-state index contributed by atoms with van der Waals surface area (Å²) in [7, 11) is 6.09. The molecule has 0 atom stereocenters. The number of para-hydroxylation sites is 1. The summed E-state index contributed by atoms with van der Waals surface area (Å²) in [4.78, 5) is 2.16. The Morgan fingerprint density at radius 1 is 1.25 bits per heavy atom. The topological polar surface area (TPSA) is 28.4 Å². The number of benzene rings is 1. The predicted molar refractivity (Wildman–Crippen MR) is 66.4 cm³/mol. The quantitative estimate of drug-likeness (QED) is 0.853. The average molecular weight is 218 g/mol. The molecule has 0 saturated carbocycles. The summed E-state index contributed by atoms with van der Waals surface area (Å²) in [5.41, 5.74) is 2.26. The van der Waals surface area contributed by atoms with Crippen molar-refractivity contribution in [3.63, 3.8) is 0 Å². The zero-order valence-corrected chi connectivity index (χ0v) is 10.1. The van der Waals surface area contributed by atoms with Gasteiger partial charge in [0.1, 0.15) is 11.3 Å². The molecule has 0 amide bonds. The lowest BCUT2D eigenvalue weighted by Gasteiger charge is -2.09. The lowest BCUT2D eigenvalue weighted by Crippen LogP contribution is -2.13. The maximum Gasteiger partial charge on any atom is 0.134 e. The summed E-state index contributed by atoms with van der Waals surface area (Å²) in [6.45, 7) is 1.69. The van der Waals surface area contributed by atoms with Gasteiger partial charge in [-0.05, 0) is 27.2 Å². The third-order valence-corrected chi connectivity index (χ3v) is 2.59. The van der Waals surface area contributed by atoms with Gasteiger partial charge in [-0.15, -0.1) is 0 Å². The molecule has 3 heteroatoms. The van der Waals surface area contributed by atoms with Gasteiger partial charge in [0.25, 0.3) is 0 Å². The molecule has 2 aromatic rings. The van der Waals surface area contributed by atoms with Gasteiger partial charge in [-0.3, -0.25) is 0 Å². The Morgan fingerprint density at radius 3 is 2.69 bits per heavy atom. The zero-order chi connectivity index (χ0) is 11.5. The molecule has 0 bridgehead atoms. The second-order valence-electron chi connectivity index (χ2n) is 4.27. The van der Waals surface area contributed by atoms with Gasteiger partial charge in [0.2, 0.25) is 0 Å². The number of hydrogen-bond donors (Lipinski definition) is 1. The summed E-state index contributed by atoms with van der Waals surface area (Å²) in [5.74, 6) is 1.04. The fourth-order valence-corrected chi connectivity index (χ4v) is 1.94. The Hall–Kier alpha value is -1.32. The highest BCUT2D eigenvalue weighted by Crippen LogP contribution is 2.26. The molecule has 3 nitrogen and oxygen atoms in total. The lowest BCUT2D eigenvalue weighted by molar-refractivity contribution is 0.395. The third-order valence-electron chi connectivity index (χ3n) is 2.59. The average Bonchev–Trinajstić information content (AvgIpc) is 2.57. The summed E-state index contributed by atoms with van der Waals surface area (Å²) in [5, 5.41) is 4.37. The monoisotopic (exact) mass is 218 g/mol. The Kier molecular flexibility index (Phi) is 3.27. The summed E-state index contributed by atoms with van der Waals surface area (Å²) >= 11 is 0. The molecule has 0 saturated heterocycles. The number of rotatable bonds is 4. The van der Waals surface area contributed by atoms with Crippen LogP contribution in [0.2, 0.25) is 0 Å². The van der Waals surface area contributed by atoms with E-state index in [0.717, 1.165) is 24.4 Å². The minimum atomic E-state index is 0.776. The molecule has 0 aliphatic carbocycles. The summed E-state index contributed by atoms with van der Waals surface area (Å²) < 4.78 is 5.85. The first kappa shape index (κ1) is 11.2. The molecule has 0 spiro atoms. The Balaban J connectivity index is 2.50. The number of nitrogens with zero attached hydrogens (tertiary/aromatic N) is 1. The van der Waals surface area contributed by atoms with Crippen molar-refractivity contribution < 1.29 is 4.42 Å². The minimum Gasteiger partial charge on any atom is -0.459 e. The SMILES string of the molecule is CNCc1oc2ccccc2c1CN(C)C. The Labute approximate surface area is 96.0 Å². The molecule has 1 N–H and O–H groups in total. The molecule has 2 rings (SSSR count). The van der Waals surface area contributed by atoms with Crippen molar-refractivity contribution in [2.24, 2.45) is 0 Å². The van der Waals surface area contributed by atoms with Crippen LogP contribution in [0.4, 0.5) is 0 Å². The second kappa shape index (κ2) is 4.68. The number of nitrogens with one attached hydrogen (secondary N) is 1. The molecule has 0 fully saturated rings. The molecule has 0 radical (unpaired) electrons. The maximum atomic E-state index is 5.85. The normalized spacial score (nSPS) is 11.5. The highest BCUT2D eigenvalue weighted by Gasteiger charge is 2.13. The van der Waals surface area contributed by atoms with Gasteiger partial charge in [0.05, 0.1) is 6.54 Å². The molecule has 1 aromatic heterocycles. The predicted octanol–water partition coefficient (Wildman–Crippen LogP) is 2.21. The van der Waals surface area contributed by atoms with Crippen molar-refractivity contribution >= 4 is 11.0 Å². The largest absolute Gasteiger partial charge is 0.459 e. The molecule has 1 heterocycles. The van der Waals surface area contributed by atoms with Crippen molar-refractivity contribution in [1.29, 1.82) is 0 Å². The zero-order valence-electron chi connectivity index (χ0n) is 10.1. The number of hydrogen-bond acceptors (Lipinski definition) is 3. The van der Waals surface area contributed by atoms with Crippen molar-refractivity contribution in [2.75, 3.05) is 21.1 Å². The minimum absolute atomic E-state index is 0.776. The van der Waals surface area contributed by atoms with E-state index in [4.69, 9.17) is 4.42 Å². The Bertz CT molecular complexity index is 474. The van der Waals surface area contributed by atoms with Gasteiger partial charge >= 0.3 is 0 Å². The fourth-order valence-electron chi connectivity index (χ4n) is 1.94. The fraction of sp³-hybridized carbons (Fsp3) is 0.385. The first-order valence-corrected chi connectivity index (χ1v) is 5.51. The van der Waals surface area contributed by atoms with Crippen LogP contribution >= 0.6 is 0 Å². The van der Waals surface area contributed by atoms with Crippen LogP contribution in [0.25, 0.3) is 11.0 Å². The van der Waals surface area contributed by atoms with E-state index in [0.29, 0.717) is 0 Å². The van der Waals surface area contributed by atoms with E-state index in [-0.39, 0.29) is 0 Å². The van der Waals surface area contributed by atoms with E-state index in [1.807, 2.05) is 19.2 Å². The van der Waals surface area contributed by atoms with Crippen LogP contribution in [0.5, 0.6) is 0 Å². The van der Waals surface area contributed by atoms with Crippen molar-refractivity contribution in [3.8, 4) is 0 Å². The highest BCUT2D eigenvalue weighted by molar-refractivity contribution is 5.82. The summed E-state index contributed by atoms with van der Waals surface area (Å²) in [6.07, 6.45) is 0. The van der Waals surface area contributed by atoms with Crippen LogP contribution < -0.4 is 5.32 Å². The van der Waals surface area contributed by atoms with Gasteiger partial charge < -0.3 is 14.6 Å².